The maximum absolute atomic E-state index is 9.73. The van der Waals surface area contributed by atoms with Gasteiger partial charge in [-0.1, -0.05) is 0 Å². The predicted molar refractivity (Wildman–Crippen MR) is 67.5 cm³/mol. The van der Waals surface area contributed by atoms with E-state index in [9.17, 15) is 5.11 Å². The second kappa shape index (κ2) is 5.89. The van der Waals surface area contributed by atoms with E-state index in [1.807, 2.05) is 19.9 Å². The molecule has 0 aliphatic rings. The fraction of sp³-hybridized carbons (Fsp3) is 0.538. The zero-order valence-electron chi connectivity index (χ0n) is 10.9. The summed E-state index contributed by atoms with van der Waals surface area (Å²) in [6.45, 7) is 5.28. The standard InChI is InChI=1S/C13H21NO3/c1-13(2,9-16-3)14-8-10-7-11(17-4)5-6-12(10)15/h5-7,14-15H,8-9H2,1-4H3. The molecule has 0 heterocycles. The highest BCUT2D eigenvalue weighted by Crippen LogP contribution is 2.23. The molecule has 0 aliphatic carbocycles. The maximum Gasteiger partial charge on any atom is 0.120 e. The van der Waals surface area contributed by atoms with E-state index in [2.05, 4.69) is 5.32 Å². The Morgan fingerprint density at radius 1 is 1.29 bits per heavy atom. The van der Waals surface area contributed by atoms with E-state index in [1.165, 1.54) is 0 Å². The Hall–Kier alpha value is -1.26. The summed E-state index contributed by atoms with van der Waals surface area (Å²) in [4.78, 5) is 0. The number of methoxy groups -OCH3 is 2. The molecule has 96 valence electrons. The third-order valence-corrected chi connectivity index (χ3v) is 2.55. The monoisotopic (exact) mass is 239 g/mol. The third kappa shape index (κ3) is 4.24. The maximum atomic E-state index is 9.73. The van der Waals surface area contributed by atoms with Gasteiger partial charge in [-0.25, -0.2) is 0 Å². The Bertz CT molecular complexity index is 364. The summed E-state index contributed by atoms with van der Waals surface area (Å²) in [5.41, 5.74) is 0.679. The van der Waals surface area contributed by atoms with Crippen molar-refractivity contribution in [3.05, 3.63) is 23.8 Å². The average Bonchev–Trinajstić information content (AvgIpc) is 2.28. The predicted octanol–water partition coefficient (Wildman–Crippen LogP) is 1.92. The Morgan fingerprint density at radius 2 is 2.00 bits per heavy atom. The van der Waals surface area contributed by atoms with Crippen molar-refractivity contribution in [3.63, 3.8) is 0 Å². The van der Waals surface area contributed by atoms with Crippen LogP contribution in [0, 0.1) is 0 Å². The van der Waals surface area contributed by atoms with Gasteiger partial charge in [0, 0.05) is 24.8 Å². The van der Waals surface area contributed by atoms with Crippen LogP contribution in [0.5, 0.6) is 11.5 Å². The van der Waals surface area contributed by atoms with Crippen molar-refractivity contribution in [2.24, 2.45) is 0 Å². The number of phenols is 1. The Kier molecular flexibility index (Phi) is 4.78. The van der Waals surface area contributed by atoms with Crippen LogP contribution in [0.1, 0.15) is 19.4 Å². The van der Waals surface area contributed by atoms with Gasteiger partial charge in [-0.2, -0.15) is 0 Å². The summed E-state index contributed by atoms with van der Waals surface area (Å²) in [5.74, 6) is 1.01. The third-order valence-electron chi connectivity index (χ3n) is 2.55. The Balaban J connectivity index is 2.68. The highest BCUT2D eigenvalue weighted by Gasteiger charge is 2.17. The zero-order valence-corrected chi connectivity index (χ0v) is 10.9. The minimum atomic E-state index is -0.135. The molecule has 0 aromatic heterocycles. The van der Waals surface area contributed by atoms with Crippen molar-refractivity contribution in [1.29, 1.82) is 0 Å². The number of ether oxygens (including phenoxy) is 2. The van der Waals surface area contributed by atoms with Crippen LogP contribution in [-0.4, -0.2) is 31.5 Å². The van der Waals surface area contributed by atoms with E-state index in [0.29, 0.717) is 13.2 Å². The first-order valence-corrected chi connectivity index (χ1v) is 5.58. The lowest BCUT2D eigenvalue weighted by Gasteiger charge is -2.25. The van der Waals surface area contributed by atoms with Crippen LogP contribution in [-0.2, 0) is 11.3 Å². The van der Waals surface area contributed by atoms with Crippen molar-refractivity contribution < 1.29 is 14.6 Å². The van der Waals surface area contributed by atoms with Crippen molar-refractivity contribution in [3.8, 4) is 11.5 Å². The SMILES string of the molecule is COCC(C)(C)NCc1cc(OC)ccc1O. The van der Waals surface area contributed by atoms with Crippen LogP contribution in [0.4, 0.5) is 0 Å². The molecule has 17 heavy (non-hydrogen) atoms. The number of nitrogens with one attached hydrogen (secondary N) is 1. The molecule has 0 unspecified atom stereocenters. The minimum absolute atomic E-state index is 0.135. The normalized spacial score (nSPS) is 11.5. The molecule has 0 saturated carbocycles. The molecule has 0 radical (unpaired) electrons. The molecule has 4 nitrogen and oxygen atoms in total. The van der Waals surface area contributed by atoms with E-state index in [1.54, 1.807) is 26.4 Å². The van der Waals surface area contributed by atoms with Crippen LogP contribution in [0.2, 0.25) is 0 Å². The van der Waals surface area contributed by atoms with Gasteiger partial charge in [0.1, 0.15) is 11.5 Å². The summed E-state index contributed by atoms with van der Waals surface area (Å²) in [6.07, 6.45) is 0. The van der Waals surface area contributed by atoms with Gasteiger partial charge in [-0.15, -0.1) is 0 Å². The van der Waals surface area contributed by atoms with Gasteiger partial charge in [-0.05, 0) is 32.0 Å². The highest BCUT2D eigenvalue weighted by molar-refractivity contribution is 5.39. The Labute approximate surface area is 103 Å². The van der Waals surface area contributed by atoms with Crippen LogP contribution >= 0.6 is 0 Å². The first-order valence-electron chi connectivity index (χ1n) is 5.58. The van der Waals surface area contributed by atoms with E-state index < -0.39 is 0 Å². The van der Waals surface area contributed by atoms with Crippen LogP contribution < -0.4 is 10.1 Å². The molecule has 0 spiro atoms. The summed E-state index contributed by atoms with van der Waals surface area (Å²) in [5, 5.41) is 13.1. The molecule has 0 atom stereocenters. The van der Waals surface area contributed by atoms with Crippen molar-refractivity contribution in [1.82, 2.24) is 5.32 Å². The lowest BCUT2D eigenvalue weighted by atomic mass is 10.1. The first kappa shape index (κ1) is 13.8. The van der Waals surface area contributed by atoms with E-state index >= 15 is 0 Å². The second-order valence-corrected chi connectivity index (χ2v) is 4.67. The second-order valence-electron chi connectivity index (χ2n) is 4.67. The topological polar surface area (TPSA) is 50.7 Å². The highest BCUT2D eigenvalue weighted by atomic mass is 16.5. The summed E-state index contributed by atoms with van der Waals surface area (Å²) in [6, 6.07) is 5.20. The van der Waals surface area contributed by atoms with Crippen molar-refractivity contribution in [2.75, 3.05) is 20.8 Å². The van der Waals surface area contributed by atoms with E-state index in [0.717, 1.165) is 11.3 Å². The number of hydrogen-bond donors (Lipinski definition) is 2. The van der Waals surface area contributed by atoms with Crippen LogP contribution in [0.3, 0.4) is 0 Å². The summed E-state index contributed by atoms with van der Waals surface area (Å²) in [7, 11) is 3.28. The number of aromatic hydroxyl groups is 1. The molecule has 0 saturated heterocycles. The number of benzene rings is 1. The number of hydrogen-bond acceptors (Lipinski definition) is 4. The molecule has 0 amide bonds. The largest absolute Gasteiger partial charge is 0.508 e. The molecule has 2 N–H and O–H groups in total. The zero-order chi connectivity index (χ0) is 12.9. The van der Waals surface area contributed by atoms with Crippen LogP contribution in [0.25, 0.3) is 0 Å². The van der Waals surface area contributed by atoms with E-state index in [4.69, 9.17) is 9.47 Å². The molecule has 1 aromatic rings. The lowest BCUT2D eigenvalue weighted by Crippen LogP contribution is -2.42. The Morgan fingerprint density at radius 3 is 2.59 bits per heavy atom. The number of rotatable bonds is 6. The lowest BCUT2D eigenvalue weighted by molar-refractivity contribution is 0.127. The number of phenolic OH excluding ortho intramolecular Hbond substituents is 1. The fourth-order valence-corrected chi connectivity index (χ4v) is 1.58. The quantitative estimate of drug-likeness (QED) is 0.796. The van der Waals surface area contributed by atoms with Crippen molar-refractivity contribution in [2.45, 2.75) is 25.9 Å². The molecular formula is C13H21NO3. The molecule has 0 fully saturated rings. The molecule has 1 aromatic carbocycles. The fourth-order valence-electron chi connectivity index (χ4n) is 1.58. The van der Waals surface area contributed by atoms with Gasteiger partial charge < -0.3 is 19.9 Å². The van der Waals surface area contributed by atoms with Gasteiger partial charge in [0.05, 0.1) is 13.7 Å². The first-order chi connectivity index (χ1) is 7.98. The van der Waals surface area contributed by atoms with Gasteiger partial charge in [0.2, 0.25) is 0 Å². The molecule has 1 rings (SSSR count). The minimum Gasteiger partial charge on any atom is -0.508 e. The smallest absolute Gasteiger partial charge is 0.120 e. The van der Waals surface area contributed by atoms with Gasteiger partial charge in [-0.3, -0.25) is 0 Å². The van der Waals surface area contributed by atoms with Gasteiger partial charge in [0.15, 0.2) is 0 Å². The van der Waals surface area contributed by atoms with Crippen LogP contribution in [0.15, 0.2) is 18.2 Å². The van der Waals surface area contributed by atoms with Crippen molar-refractivity contribution >= 4 is 0 Å². The molecular weight excluding hydrogens is 218 g/mol. The van der Waals surface area contributed by atoms with Gasteiger partial charge in [0.25, 0.3) is 0 Å². The molecule has 0 aliphatic heterocycles. The van der Waals surface area contributed by atoms with Gasteiger partial charge >= 0.3 is 0 Å². The van der Waals surface area contributed by atoms with E-state index in [-0.39, 0.29) is 11.3 Å². The molecule has 4 heteroatoms. The summed E-state index contributed by atoms with van der Waals surface area (Å²) >= 11 is 0. The summed E-state index contributed by atoms with van der Waals surface area (Å²) < 4.78 is 10.2. The average molecular weight is 239 g/mol. The molecule has 0 bridgehead atoms.